The average Bonchev–Trinajstić information content (AvgIpc) is 2.90. The van der Waals surface area contributed by atoms with Crippen molar-refractivity contribution in [3.05, 3.63) is 65.2 Å². The number of benzene rings is 2. The largest absolute Gasteiger partial charge is 0.494 e. The summed E-state index contributed by atoms with van der Waals surface area (Å²) < 4.78 is 0. The molecule has 2 aromatic carbocycles. The van der Waals surface area contributed by atoms with Gasteiger partial charge in [0.05, 0.1) is 5.56 Å². The summed E-state index contributed by atoms with van der Waals surface area (Å²) in [4.78, 5) is 23.3. The van der Waals surface area contributed by atoms with Gasteiger partial charge in [-0.25, -0.2) is 0 Å². The van der Waals surface area contributed by atoms with Gasteiger partial charge in [0.1, 0.15) is 0 Å². The first-order chi connectivity index (χ1) is 11.5. The van der Waals surface area contributed by atoms with E-state index in [0.29, 0.717) is 11.8 Å². The lowest BCUT2D eigenvalue weighted by molar-refractivity contribution is 0.112. The van der Waals surface area contributed by atoms with Crippen LogP contribution in [-0.4, -0.2) is 37.1 Å². The Kier molecular flexibility index (Phi) is 5.79. The predicted molar refractivity (Wildman–Crippen MR) is 94.8 cm³/mol. The van der Waals surface area contributed by atoms with Gasteiger partial charge in [0.2, 0.25) is 0 Å². The van der Waals surface area contributed by atoms with Gasteiger partial charge in [-0.3, -0.25) is 9.59 Å². The Morgan fingerprint density at radius 3 is 2.46 bits per heavy atom. The molecule has 0 unspecified atom stereocenters. The summed E-state index contributed by atoms with van der Waals surface area (Å²) >= 11 is 0. The maximum atomic E-state index is 11.0. The molecule has 0 aliphatic rings. The number of aromatic amines is 1. The summed E-state index contributed by atoms with van der Waals surface area (Å²) in [6.07, 6.45) is 1.49. The molecule has 0 saturated carbocycles. The van der Waals surface area contributed by atoms with Gasteiger partial charge < -0.3 is 15.4 Å². The highest BCUT2D eigenvalue weighted by atomic mass is 16.3. The first kappa shape index (κ1) is 17.3. The first-order valence-corrected chi connectivity index (χ1v) is 7.35. The van der Waals surface area contributed by atoms with Crippen LogP contribution in [0.4, 0.5) is 4.79 Å². The van der Waals surface area contributed by atoms with Crippen molar-refractivity contribution in [2.24, 2.45) is 0 Å². The Morgan fingerprint density at radius 2 is 1.88 bits per heavy atom. The van der Waals surface area contributed by atoms with E-state index in [1.54, 1.807) is 0 Å². The predicted octanol–water partition coefficient (Wildman–Crippen LogP) is 2.77. The molecule has 0 saturated heterocycles. The molecule has 1 heterocycles. The van der Waals surface area contributed by atoms with E-state index in [2.05, 4.69) is 30.3 Å². The lowest BCUT2D eigenvalue weighted by Gasteiger charge is -2.02. The third-order valence-corrected chi connectivity index (χ3v) is 3.50. The summed E-state index contributed by atoms with van der Waals surface area (Å²) in [7, 11) is 6.02. The number of nitrogens with one attached hydrogen (secondary N) is 2. The highest BCUT2D eigenvalue weighted by Gasteiger charge is 2.10. The van der Waals surface area contributed by atoms with Crippen LogP contribution in [-0.2, 0) is 6.42 Å². The van der Waals surface area contributed by atoms with Gasteiger partial charge in [-0.2, -0.15) is 0 Å². The molecule has 0 bridgehead atoms. The monoisotopic (exact) mass is 320 g/mol. The molecule has 1 amide bonds. The van der Waals surface area contributed by atoms with Gasteiger partial charge >= 0.3 is 0 Å². The van der Waals surface area contributed by atoms with Crippen LogP contribution in [0, 0.1) is 0 Å². The normalized spacial score (nSPS) is 9.88. The fraction of sp³-hybridized carbons (Fsp3) is 0.111. The first-order valence-electron chi connectivity index (χ1n) is 7.35. The molecule has 0 atom stereocenters. The smallest absolute Gasteiger partial charge is 0.200 e. The number of aldehydes is 1. The molecule has 1 aromatic heterocycles. The fourth-order valence-corrected chi connectivity index (χ4v) is 2.31. The Bertz CT molecular complexity index is 844. The number of rotatable bonds is 3. The summed E-state index contributed by atoms with van der Waals surface area (Å²) in [5.74, 6) is -0.563. The van der Waals surface area contributed by atoms with Crippen molar-refractivity contribution in [1.29, 1.82) is 0 Å². The van der Waals surface area contributed by atoms with Crippen LogP contribution >= 0.6 is 0 Å². The minimum Gasteiger partial charge on any atom is -0.494 e. The average molecular weight is 320 g/mol. The minimum absolute atomic E-state index is 0.0677. The fourth-order valence-electron chi connectivity index (χ4n) is 2.31. The second-order valence-corrected chi connectivity index (χ2v) is 5.16. The number of hydrogen-bond donors (Lipinski definition) is 3. The number of carbonyl (C=O) groups is 2. The molecule has 5 nitrogen and oxygen atoms in total. The van der Waals surface area contributed by atoms with Crippen LogP contribution in [0.25, 0.3) is 10.9 Å². The summed E-state index contributed by atoms with van der Waals surface area (Å²) in [5.41, 5.74) is 3.43. The molecule has 3 aromatic rings. The van der Waals surface area contributed by atoms with Crippen LogP contribution in [0.3, 0.4) is 0 Å². The van der Waals surface area contributed by atoms with E-state index < -0.39 is 5.81 Å². The highest BCUT2D eigenvalue weighted by molar-refractivity contribution is 6.56. The third kappa shape index (κ3) is 4.26. The Labute approximate surface area is 141 Å². The number of aromatic hydroxyl groups is 1. The zero-order valence-corrected chi connectivity index (χ0v) is 13.2. The van der Waals surface area contributed by atoms with Crippen molar-refractivity contribution in [2.75, 3.05) is 7.05 Å². The van der Waals surface area contributed by atoms with Crippen molar-refractivity contribution in [3.63, 3.8) is 0 Å². The Morgan fingerprint density at radius 1 is 1.21 bits per heavy atom. The van der Waals surface area contributed by atoms with Crippen molar-refractivity contribution in [2.45, 2.75) is 6.42 Å². The standard InChI is InChI=1S/C16H13NO2.C2H4BNO/c18-10-14-13-9-12(6-7-15(13)17-16(14)19)8-11-4-2-1-3-5-11;1-4-2(3)5/h1-7,9-10,17,19H,8H2;1H3,(H,4,5). The van der Waals surface area contributed by atoms with Crippen LogP contribution in [0.15, 0.2) is 48.5 Å². The SMILES string of the molecule is O=Cc1c(O)[nH]c2ccc(Cc3ccccc3)cc12.[B]C(=O)NC. The zero-order valence-electron chi connectivity index (χ0n) is 13.2. The van der Waals surface area contributed by atoms with Gasteiger partial charge in [-0.15, -0.1) is 0 Å². The quantitative estimate of drug-likeness (QED) is 0.513. The Hall–Kier alpha value is -3.02. The van der Waals surface area contributed by atoms with Crippen LogP contribution in [0.2, 0.25) is 0 Å². The number of hydrogen-bond acceptors (Lipinski definition) is 3. The molecule has 0 aliphatic heterocycles. The zero-order chi connectivity index (χ0) is 17.5. The van der Waals surface area contributed by atoms with E-state index >= 15 is 0 Å². The van der Waals surface area contributed by atoms with Crippen LogP contribution in [0.5, 0.6) is 5.88 Å². The number of fused-ring (bicyclic) bond motifs is 1. The van der Waals surface area contributed by atoms with Gasteiger partial charge in [-0.05, 0) is 29.7 Å². The molecule has 120 valence electrons. The third-order valence-electron chi connectivity index (χ3n) is 3.50. The van der Waals surface area contributed by atoms with E-state index in [-0.39, 0.29) is 5.88 Å². The van der Waals surface area contributed by atoms with Gasteiger partial charge in [-0.1, -0.05) is 36.4 Å². The lowest BCUT2D eigenvalue weighted by Crippen LogP contribution is -2.14. The van der Waals surface area contributed by atoms with E-state index in [0.717, 1.165) is 22.9 Å². The molecule has 3 rings (SSSR count). The second-order valence-electron chi connectivity index (χ2n) is 5.16. The van der Waals surface area contributed by atoms with Crippen LogP contribution in [0.1, 0.15) is 21.5 Å². The highest BCUT2D eigenvalue weighted by Crippen LogP contribution is 2.27. The van der Waals surface area contributed by atoms with Gasteiger partial charge in [0.25, 0.3) is 0 Å². The van der Waals surface area contributed by atoms with Crippen molar-refractivity contribution in [1.82, 2.24) is 10.3 Å². The molecule has 0 aliphatic carbocycles. The minimum atomic E-state index is -0.495. The molecule has 6 heteroatoms. The van der Waals surface area contributed by atoms with Crippen molar-refractivity contribution < 1.29 is 14.7 Å². The van der Waals surface area contributed by atoms with Crippen LogP contribution < -0.4 is 5.32 Å². The van der Waals surface area contributed by atoms with E-state index in [4.69, 9.17) is 0 Å². The summed E-state index contributed by atoms with van der Waals surface area (Å²) in [5, 5.41) is 12.6. The van der Waals surface area contributed by atoms with Crippen molar-refractivity contribution >= 4 is 30.8 Å². The van der Waals surface area contributed by atoms with E-state index in [1.165, 1.54) is 12.6 Å². The maximum absolute atomic E-state index is 11.0. The summed E-state index contributed by atoms with van der Waals surface area (Å²) in [6.45, 7) is 0. The van der Waals surface area contributed by atoms with Gasteiger partial charge in [0.15, 0.2) is 25.8 Å². The Balaban J connectivity index is 0.000000368. The number of H-pyrrole nitrogens is 1. The molecule has 24 heavy (non-hydrogen) atoms. The van der Waals surface area contributed by atoms with E-state index in [1.807, 2.05) is 36.4 Å². The van der Waals surface area contributed by atoms with Crippen molar-refractivity contribution in [3.8, 4) is 5.88 Å². The second kappa shape index (κ2) is 8.01. The molecule has 3 N–H and O–H groups in total. The molecular weight excluding hydrogens is 303 g/mol. The lowest BCUT2D eigenvalue weighted by atomic mass is 10.0. The topological polar surface area (TPSA) is 82.2 Å². The van der Waals surface area contributed by atoms with Gasteiger partial charge in [0, 0.05) is 18.0 Å². The number of aromatic nitrogens is 1. The molecular formula is C18H17BN2O3. The molecule has 0 spiro atoms. The molecule has 2 radical (unpaired) electrons. The number of amides is 1. The molecule has 0 fully saturated rings. The summed E-state index contributed by atoms with van der Waals surface area (Å²) in [6, 6.07) is 16.0. The van der Waals surface area contributed by atoms with E-state index in [9.17, 15) is 14.7 Å². The maximum Gasteiger partial charge on any atom is 0.200 e. The number of carbonyl (C=O) groups excluding carboxylic acids is 2.